The zero-order chi connectivity index (χ0) is 12.8. The lowest BCUT2D eigenvalue weighted by Crippen LogP contribution is -2.26. The van der Waals surface area contributed by atoms with Crippen LogP contribution in [0.2, 0.25) is 0 Å². The van der Waals surface area contributed by atoms with Crippen LogP contribution in [0, 0.1) is 11.3 Å². The second kappa shape index (κ2) is 3.45. The summed E-state index contributed by atoms with van der Waals surface area (Å²) in [5.74, 6) is 0. The molecule has 0 radical (unpaired) electrons. The number of hydrogen-bond donors (Lipinski definition) is 0. The van der Waals surface area contributed by atoms with Crippen molar-refractivity contribution in [1.29, 1.82) is 5.26 Å². The van der Waals surface area contributed by atoms with E-state index in [-0.39, 0.29) is 11.1 Å². The number of aryl methyl sites for hydroxylation is 1. The molecule has 0 saturated carbocycles. The average Bonchev–Trinajstić information content (AvgIpc) is 2.62. The Bertz CT molecular complexity index is 679. The fourth-order valence-corrected chi connectivity index (χ4v) is 1.81. The lowest BCUT2D eigenvalue weighted by atomic mass is 10.1. The summed E-state index contributed by atoms with van der Waals surface area (Å²) >= 11 is 0. The normalized spacial score (nSPS) is 11.7. The third-order valence-electron chi connectivity index (χ3n) is 2.70. The number of aromatic nitrogens is 3. The van der Waals surface area contributed by atoms with E-state index >= 15 is 0 Å². The molecule has 2 rings (SSSR count). The van der Waals surface area contributed by atoms with Crippen LogP contribution >= 0.6 is 0 Å². The fraction of sp³-hybridized carbons (Fsp3) is 0.417. The summed E-state index contributed by atoms with van der Waals surface area (Å²) in [7, 11) is 1.65. The topological polar surface area (TPSA) is 63.6 Å². The van der Waals surface area contributed by atoms with E-state index in [9.17, 15) is 4.79 Å². The molecule has 0 N–H and O–H groups in total. The van der Waals surface area contributed by atoms with Crippen LogP contribution in [0.25, 0.3) is 11.0 Å². The van der Waals surface area contributed by atoms with Crippen LogP contribution in [0.1, 0.15) is 26.3 Å². The summed E-state index contributed by atoms with van der Waals surface area (Å²) in [5.41, 5.74) is 1.01. The first-order valence-electron chi connectivity index (χ1n) is 5.33. The largest absolute Gasteiger partial charge is 0.335 e. The molecule has 0 aromatic carbocycles. The fourth-order valence-electron chi connectivity index (χ4n) is 1.81. The molecule has 5 nitrogen and oxygen atoms in total. The van der Waals surface area contributed by atoms with Gasteiger partial charge in [0.25, 0.3) is 5.56 Å². The van der Waals surface area contributed by atoms with Crippen molar-refractivity contribution in [2.24, 2.45) is 7.05 Å². The molecule has 17 heavy (non-hydrogen) atoms. The van der Waals surface area contributed by atoms with E-state index < -0.39 is 0 Å². The Labute approximate surface area is 98.9 Å². The highest BCUT2D eigenvalue weighted by Crippen LogP contribution is 2.23. The van der Waals surface area contributed by atoms with Gasteiger partial charge in [0.15, 0.2) is 0 Å². The van der Waals surface area contributed by atoms with Gasteiger partial charge in [-0.05, 0) is 20.8 Å². The average molecular weight is 230 g/mol. The van der Waals surface area contributed by atoms with Gasteiger partial charge < -0.3 is 9.13 Å². The molecule has 0 saturated heterocycles. The second-order valence-electron chi connectivity index (χ2n) is 5.05. The van der Waals surface area contributed by atoms with Gasteiger partial charge in [-0.1, -0.05) is 0 Å². The van der Waals surface area contributed by atoms with Gasteiger partial charge in [-0.25, -0.2) is 4.98 Å². The summed E-state index contributed by atoms with van der Waals surface area (Å²) in [6, 6.07) is 2.08. The minimum Gasteiger partial charge on any atom is -0.335 e. The van der Waals surface area contributed by atoms with Crippen LogP contribution in [0.4, 0.5) is 0 Å². The second-order valence-corrected chi connectivity index (χ2v) is 5.05. The molecule has 2 aromatic rings. The summed E-state index contributed by atoms with van der Waals surface area (Å²) in [4.78, 5) is 16.3. The predicted molar refractivity (Wildman–Crippen MR) is 64.7 cm³/mol. The van der Waals surface area contributed by atoms with Gasteiger partial charge in [-0.15, -0.1) is 0 Å². The molecule has 88 valence electrons. The maximum atomic E-state index is 12.1. The molecule has 0 unspecified atom stereocenters. The summed E-state index contributed by atoms with van der Waals surface area (Å²) < 4.78 is 3.24. The third-order valence-corrected chi connectivity index (χ3v) is 2.70. The first kappa shape index (κ1) is 11.4. The molecule has 2 aromatic heterocycles. The van der Waals surface area contributed by atoms with Crippen molar-refractivity contribution in [3.05, 3.63) is 28.4 Å². The summed E-state index contributed by atoms with van der Waals surface area (Å²) in [6.07, 6.45) is 3.14. The molecule has 0 aliphatic carbocycles. The van der Waals surface area contributed by atoms with Crippen molar-refractivity contribution in [3.8, 4) is 6.07 Å². The van der Waals surface area contributed by atoms with E-state index in [0.29, 0.717) is 16.6 Å². The van der Waals surface area contributed by atoms with Gasteiger partial charge in [0.2, 0.25) is 0 Å². The smallest absolute Gasteiger partial charge is 0.277 e. The number of hydrogen-bond acceptors (Lipinski definition) is 3. The molecule has 5 heteroatoms. The Morgan fingerprint density at radius 1 is 1.41 bits per heavy atom. The monoisotopic (exact) mass is 230 g/mol. The van der Waals surface area contributed by atoms with Gasteiger partial charge in [0.1, 0.15) is 17.1 Å². The van der Waals surface area contributed by atoms with Crippen molar-refractivity contribution < 1.29 is 0 Å². The molecular formula is C12H14N4O. The van der Waals surface area contributed by atoms with Gasteiger partial charge in [0, 0.05) is 18.8 Å². The van der Waals surface area contributed by atoms with Crippen molar-refractivity contribution in [3.63, 3.8) is 0 Å². The Hall–Kier alpha value is -2.09. The zero-order valence-corrected chi connectivity index (χ0v) is 10.4. The lowest BCUT2D eigenvalue weighted by molar-refractivity contribution is 0.409. The van der Waals surface area contributed by atoms with E-state index in [0.717, 1.165) is 0 Å². The number of nitriles is 1. The highest BCUT2D eigenvalue weighted by atomic mass is 16.1. The first-order valence-corrected chi connectivity index (χ1v) is 5.33. The van der Waals surface area contributed by atoms with Gasteiger partial charge in [-0.3, -0.25) is 4.79 Å². The highest BCUT2D eigenvalue weighted by Gasteiger charge is 2.21. The molecular weight excluding hydrogens is 216 g/mol. The number of fused-ring (bicyclic) bond motifs is 1. The Morgan fingerprint density at radius 3 is 2.59 bits per heavy atom. The van der Waals surface area contributed by atoms with Gasteiger partial charge in [-0.2, -0.15) is 5.26 Å². The molecule has 0 spiro atoms. The van der Waals surface area contributed by atoms with Crippen LogP contribution in [0.3, 0.4) is 0 Å². The van der Waals surface area contributed by atoms with E-state index in [4.69, 9.17) is 5.26 Å². The van der Waals surface area contributed by atoms with Gasteiger partial charge >= 0.3 is 0 Å². The standard InChI is InChI=1S/C12H14N4O/c1-12(2,3)16-6-8(5-13)9-10(16)11(17)15(4)7-14-9/h6-7H,1-4H3. The van der Waals surface area contributed by atoms with Crippen LogP contribution in [-0.2, 0) is 12.6 Å². The van der Waals surface area contributed by atoms with Gasteiger partial charge in [0.05, 0.1) is 11.9 Å². The maximum absolute atomic E-state index is 12.1. The van der Waals surface area contributed by atoms with E-state index in [1.54, 1.807) is 13.2 Å². The molecule has 0 bridgehead atoms. The Morgan fingerprint density at radius 2 is 2.06 bits per heavy atom. The van der Waals surface area contributed by atoms with E-state index in [2.05, 4.69) is 11.1 Å². The summed E-state index contributed by atoms with van der Waals surface area (Å²) in [6.45, 7) is 5.96. The number of nitrogens with zero attached hydrogens (tertiary/aromatic N) is 4. The predicted octanol–water partition coefficient (Wildman–Crippen LogP) is 1.36. The molecule has 0 fully saturated rings. The van der Waals surface area contributed by atoms with E-state index in [1.807, 2.05) is 25.3 Å². The van der Waals surface area contributed by atoms with Crippen molar-refractivity contribution in [2.45, 2.75) is 26.3 Å². The maximum Gasteiger partial charge on any atom is 0.277 e. The Balaban J connectivity index is 3.02. The molecule has 0 aliphatic rings. The Kier molecular flexibility index (Phi) is 2.32. The third kappa shape index (κ3) is 1.62. The van der Waals surface area contributed by atoms with Crippen LogP contribution in [0.5, 0.6) is 0 Å². The van der Waals surface area contributed by atoms with E-state index in [1.165, 1.54) is 10.9 Å². The highest BCUT2D eigenvalue weighted by molar-refractivity contribution is 5.81. The SMILES string of the molecule is Cn1cnc2c(C#N)cn(C(C)(C)C)c2c1=O. The van der Waals surface area contributed by atoms with Crippen LogP contribution < -0.4 is 5.56 Å². The molecule has 2 heterocycles. The lowest BCUT2D eigenvalue weighted by Gasteiger charge is -2.21. The van der Waals surface area contributed by atoms with Crippen molar-refractivity contribution in [2.75, 3.05) is 0 Å². The zero-order valence-electron chi connectivity index (χ0n) is 10.4. The first-order chi connectivity index (χ1) is 7.86. The molecule has 0 amide bonds. The van der Waals surface area contributed by atoms with Crippen molar-refractivity contribution >= 4 is 11.0 Å². The summed E-state index contributed by atoms with van der Waals surface area (Å²) in [5, 5.41) is 9.06. The van der Waals surface area contributed by atoms with Crippen molar-refractivity contribution in [1.82, 2.24) is 14.1 Å². The molecule has 0 aliphatic heterocycles. The quantitative estimate of drug-likeness (QED) is 0.686. The minimum absolute atomic E-state index is 0.133. The number of rotatable bonds is 0. The molecule has 0 atom stereocenters. The minimum atomic E-state index is -0.261. The van der Waals surface area contributed by atoms with Crippen LogP contribution in [-0.4, -0.2) is 14.1 Å². The van der Waals surface area contributed by atoms with Crippen LogP contribution in [0.15, 0.2) is 17.3 Å².